The molecule has 1 saturated heterocycles. The number of anilines is 1. The number of pyridine rings is 1. The molecule has 2 rings (SSSR count). The zero-order valence-electron chi connectivity index (χ0n) is 7.49. The first-order valence-electron chi connectivity index (χ1n) is 4.22. The van der Waals surface area contributed by atoms with Crippen molar-refractivity contribution in [1.82, 2.24) is 4.98 Å². The maximum Gasteiger partial charge on any atom is 0.0729 e. The third kappa shape index (κ3) is 1.95. The fraction of sp³-hybridized carbons (Fsp3) is 0.444. The highest BCUT2D eigenvalue weighted by Crippen LogP contribution is 2.24. The summed E-state index contributed by atoms with van der Waals surface area (Å²) in [5.41, 5.74) is 1.11. The first-order chi connectivity index (χ1) is 6.40. The van der Waals surface area contributed by atoms with Gasteiger partial charge in [-0.1, -0.05) is 0 Å². The van der Waals surface area contributed by atoms with Gasteiger partial charge in [-0.3, -0.25) is 4.98 Å². The van der Waals surface area contributed by atoms with Crippen molar-refractivity contribution in [1.29, 1.82) is 0 Å². The lowest BCUT2D eigenvalue weighted by Crippen LogP contribution is -2.40. The lowest BCUT2D eigenvalue weighted by molar-refractivity contribution is 0.0210. The van der Waals surface area contributed by atoms with Crippen molar-refractivity contribution in [3.8, 4) is 0 Å². The minimum atomic E-state index is 0.468. The monoisotopic (exact) mass is 196 g/mol. The molecule has 3 nitrogen and oxygen atoms in total. The van der Waals surface area contributed by atoms with Gasteiger partial charge in [0.15, 0.2) is 0 Å². The van der Waals surface area contributed by atoms with E-state index in [0.717, 1.165) is 18.9 Å². The number of rotatable bonds is 3. The van der Waals surface area contributed by atoms with Crippen molar-refractivity contribution in [2.24, 2.45) is 0 Å². The molecule has 0 aromatic carbocycles. The Morgan fingerprint density at radius 2 is 2.46 bits per heavy atom. The predicted octanol–water partition coefficient (Wildman–Crippen LogP) is 1.61. The van der Waals surface area contributed by atoms with Crippen LogP contribution in [0.3, 0.4) is 0 Å². The first kappa shape index (κ1) is 8.84. The number of thioether (sulfide) groups is 1. The van der Waals surface area contributed by atoms with Crippen molar-refractivity contribution in [2.45, 2.75) is 10.9 Å². The van der Waals surface area contributed by atoms with E-state index in [0.29, 0.717) is 6.04 Å². The van der Waals surface area contributed by atoms with E-state index >= 15 is 0 Å². The average molecular weight is 196 g/mol. The summed E-state index contributed by atoms with van der Waals surface area (Å²) in [4.78, 5) is 5.33. The summed E-state index contributed by atoms with van der Waals surface area (Å²) in [6, 6.07) is 2.49. The zero-order valence-corrected chi connectivity index (χ0v) is 8.30. The number of aromatic nitrogens is 1. The SMILES string of the molecule is CSc1ccncc1NC1COC1. The fourth-order valence-electron chi connectivity index (χ4n) is 1.21. The molecule has 13 heavy (non-hydrogen) atoms. The minimum absolute atomic E-state index is 0.468. The summed E-state index contributed by atoms with van der Waals surface area (Å²) >= 11 is 1.73. The molecule has 1 fully saturated rings. The van der Waals surface area contributed by atoms with Crippen molar-refractivity contribution in [3.63, 3.8) is 0 Å². The van der Waals surface area contributed by atoms with Crippen LogP contribution in [-0.4, -0.2) is 30.5 Å². The van der Waals surface area contributed by atoms with Gasteiger partial charge in [0, 0.05) is 11.1 Å². The third-order valence-electron chi connectivity index (χ3n) is 2.00. The Hall–Kier alpha value is -0.740. The van der Waals surface area contributed by atoms with E-state index in [9.17, 15) is 0 Å². The van der Waals surface area contributed by atoms with Gasteiger partial charge < -0.3 is 10.1 Å². The standard InChI is InChI=1S/C9H12N2OS/c1-13-9-2-3-10-4-8(9)11-7-5-12-6-7/h2-4,7,11H,5-6H2,1H3. The van der Waals surface area contributed by atoms with E-state index in [1.807, 2.05) is 18.5 Å². The van der Waals surface area contributed by atoms with Gasteiger partial charge in [-0.05, 0) is 12.3 Å². The van der Waals surface area contributed by atoms with Crippen LogP contribution in [-0.2, 0) is 4.74 Å². The summed E-state index contributed by atoms with van der Waals surface area (Å²) in [6.07, 6.45) is 5.75. The molecule has 0 saturated carbocycles. The molecule has 0 atom stereocenters. The maximum atomic E-state index is 5.09. The number of hydrogen-bond donors (Lipinski definition) is 1. The molecule has 0 amide bonds. The summed E-state index contributed by atoms with van der Waals surface area (Å²) in [6.45, 7) is 1.62. The second kappa shape index (κ2) is 3.98. The van der Waals surface area contributed by atoms with Gasteiger partial charge in [0.25, 0.3) is 0 Å². The highest BCUT2D eigenvalue weighted by Gasteiger charge is 2.18. The van der Waals surface area contributed by atoms with E-state index in [2.05, 4.69) is 16.6 Å². The van der Waals surface area contributed by atoms with Crippen LogP contribution in [0.15, 0.2) is 23.4 Å². The lowest BCUT2D eigenvalue weighted by Gasteiger charge is -2.28. The van der Waals surface area contributed by atoms with Gasteiger partial charge in [0.1, 0.15) is 0 Å². The third-order valence-corrected chi connectivity index (χ3v) is 2.79. The smallest absolute Gasteiger partial charge is 0.0729 e. The molecule has 0 unspecified atom stereocenters. The summed E-state index contributed by atoms with van der Waals surface area (Å²) in [5, 5.41) is 3.39. The van der Waals surface area contributed by atoms with Gasteiger partial charge in [0.05, 0.1) is 31.1 Å². The summed E-state index contributed by atoms with van der Waals surface area (Å²) in [7, 11) is 0. The van der Waals surface area contributed by atoms with Crippen LogP contribution in [0, 0.1) is 0 Å². The highest BCUT2D eigenvalue weighted by atomic mass is 32.2. The fourth-order valence-corrected chi connectivity index (χ4v) is 1.74. The van der Waals surface area contributed by atoms with Crippen molar-refractivity contribution >= 4 is 17.4 Å². The van der Waals surface area contributed by atoms with Crippen LogP contribution in [0.2, 0.25) is 0 Å². The Labute approximate surface area is 81.9 Å². The molecule has 0 spiro atoms. The van der Waals surface area contributed by atoms with E-state index in [1.165, 1.54) is 4.90 Å². The summed E-state index contributed by atoms with van der Waals surface area (Å²) < 4.78 is 5.09. The summed E-state index contributed by atoms with van der Waals surface area (Å²) in [5.74, 6) is 0. The molecule has 0 bridgehead atoms. The van der Waals surface area contributed by atoms with E-state index in [4.69, 9.17) is 4.74 Å². The second-order valence-corrected chi connectivity index (χ2v) is 3.80. The zero-order chi connectivity index (χ0) is 9.10. The van der Waals surface area contributed by atoms with E-state index < -0.39 is 0 Å². The van der Waals surface area contributed by atoms with Crippen LogP contribution in [0.5, 0.6) is 0 Å². The van der Waals surface area contributed by atoms with Gasteiger partial charge >= 0.3 is 0 Å². The van der Waals surface area contributed by atoms with Crippen LogP contribution >= 0.6 is 11.8 Å². The van der Waals surface area contributed by atoms with Gasteiger partial charge in [-0.2, -0.15) is 0 Å². The average Bonchev–Trinajstić information content (AvgIpc) is 2.12. The van der Waals surface area contributed by atoms with Crippen molar-refractivity contribution < 1.29 is 4.74 Å². The molecule has 1 aromatic rings. The molecule has 1 N–H and O–H groups in total. The molecule has 0 radical (unpaired) electrons. The Morgan fingerprint density at radius 3 is 3.08 bits per heavy atom. The molecule has 70 valence electrons. The van der Waals surface area contributed by atoms with E-state index in [-0.39, 0.29) is 0 Å². The number of ether oxygens (including phenoxy) is 1. The molecule has 1 aliphatic heterocycles. The van der Waals surface area contributed by atoms with Crippen molar-refractivity contribution in [3.05, 3.63) is 18.5 Å². The molecule has 0 aliphatic carbocycles. The lowest BCUT2D eigenvalue weighted by atomic mass is 10.2. The van der Waals surface area contributed by atoms with Crippen LogP contribution < -0.4 is 5.32 Å². The number of hydrogen-bond acceptors (Lipinski definition) is 4. The van der Waals surface area contributed by atoms with Gasteiger partial charge in [0.2, 0.25) is 0 Å². The Morgan fingerprint density at radius 1 is 1.62 bits per heavy atom. The molecule has 2 heterocycles. The van der Waals surface area contributed by atoms with Crippen molar-refractivity contribution in [2.75, 3.05) is 24.8 Å². The number of nitrogens with one attached hydrogen (secondary N) is 1. The van der Waals surface area contributed by atoms with Crippen LogP contribution in [0.4, 0.5) is 5.69 Å². The van der Waals surface area contributed by atoms with Crippen LogP contribution in [0.1, 0.15) is 0 Å². The normalized spacial score (nSPS) is 16.7. The number of nitrogens with zero attached hydrogens (tertiary/aromatic N) is 1. The molecule has 1 aromatic heterocycles. The Balaban J connectivity index is 2.08. The quantitative estimate of drug-likeness (QED) is 0.745. The molecule has 4 heteroatoms. The largest absolute Gasteiger partial charge is 0.377 e. The first-order valence-corrected chi connectivity index (χ1v) is 5.45. The topological polar surface area (TPSA) is 34.2 Å². The predicted molar refractivity (Wildman–Crippen MR) is 54.2 cm³/mol. The molecule has 1 aliphatic rings. The minimum Gasteiger partial charge on any atom is -0.377 e. The van der Waals surface area contributed by atoms with E-state index in [1.54, 1.807) is 11.8 Å². The molecular formula is C9H12N2OS. The van der Waals surface area contributed by atoms with Crippen LogP contribution in [0.25, 0.3) is 0 Å². The Kier molecular flexibility index (Phi) is 2.71. The highest BCUT2D eigenvalue weighted by molar-refractivity contribution is 7.98. The molecular weight excluding hydrogens is 184 g/mol. The Bertz CT molecular complexity index is 289. The van der Waals surface area contributed by atoms with Gasteiger partial charge in [-0.15, -0.1) is 11.8 Å². The maximum absolute atomic E-state index is 5.09. The second-order valence-electron chi connectivity index (χ2n) is 2.95. The van der Waals surface area contributed by atoms with Gasteiger partial charge in [-0.25, -0.2) is 0 Å².